The van der Waals surface area contributed by atoms with E-state index in [1.807, 2.05) is 12.1 Å². The van der Waals surface area contributed by atoms with Crippen molar-refractivity contribution >= 4 is 51.8 Å². The third-order valence-corrected chi connectivity index (χ3v) is 4.96. The molecule has 0 aliphatic carbocycles. The van der Waals surface area contributed by atoms with Crippen LogP contribution >= 0.6 is 39.9 Å². The van der Waals surface area contributed by atoms with Crippen LogP contribution in [0.5, 0.6) is 0 Å². The molecule has 0 radical (unpaired) electrons. The number of nitrogens with one attached hydrogen (secondary N) is 2. The summed E-state index contributed by atoms with van der Waals surface area (Å²) in [7, 11) is 0. The maximum Gasteiger partial charge on any atom is 0.251 e. The third kappa shape index (κ3) is 7.79. The van der Waals surface area contributed by atoms with E-state index < -0.39 is 0 Å². The second kappa shape index (κ2) is 12.5. The predicted molar refractivity (Wildman–Crippen MR) is 121 cm³/mol. The standard InChI is InChI=1S/C18H28BrN5O.HI/c1-2-24-12-3-5-16(24)13-23-18(20)22-11-4-10-21-17(25)14-6-8-15(19)9-7-14;/h6-9,16H,2-5,10-13H2,1H3,(H,21,25)(H3,20,22,23);1H. The maximum absolute atomic E-state index is 12.0. The summed E-state index contributed by atoms with van der Waals surface area (Å²) in [5.74, 6) is 0.428. The van der Waals surface area contributed by atoms with Gasteiger partial charge in [0.1, 0.15) is 0 Å². The average molecular weight is 538 g/mol. The lowest BCUT2D eigenvalue weighted by molar-refractivity contribution is 0.0953. The van der Waals surface area contributed by atoms with Crippen molar-refractivity contribution in [1.82, 2.24) is 15.5 Å². The van der Waals surface area contributed by atoms with Crippen LogP contribution in [0, 0.1) is 0 Å². The summed E-state index contributed by atoms with van der Waals surface area (Å²) in [6, 6.07) is 7.83. The minimum atomic E-state index is -0.0602. The fourth-order valence-electron chi connectivity index (χ4n) is 2.99. The van der Waals surface area contributed by atoms with Crippen molar-refractivity contribution in [3.63, 3.8) is 0 Å². The number of benzene rings is 1. The molecule has 1 fully saturated rings. The molecule has 1 aromatic carbocycles. The summed E-state index contributed by atoms with van der Waals surface area (Å²) < 4.78 is 0.961. The van der Waals surface area contributed by atoms with E-state index in [1.165, 1.54) is 19.4 Å². The fourth-order valence-corrected chi connectivity index (χ4v) is 3.25. The van der Waals surface area contributed by atoms with Gasteiger partial charge in [0, 0.05) is 29.2 Å². The Morgan fingerprint density at radius 2 is 2.00 bits per heavy atom. The lowest BCUT2D eigenvalue weighted by Gasteiger charge is -2.20. The van der Waals surface area contributed by atoms with Crippen molar-refractivity contribution in [3.8, 4) is 0 Å². The van der Waals surface area contributed by atoms with Crippen LogP contribution in [-0.2, 0) is 0 Å². The van der Waals surface area contributed by atoms with E-state index in [2.05, 4.69) is 43.4 Å². The maximum atomic E-state index is 12.0. The van der Waals surface area contributed by atoms with Gasteiger partial charge in [-0.2, -0.15) is 0 Å². The second-order valence-electron chi connectivity index (χ2n) is 6.19. The summed E-state index contributed by atoms with van der Waals surface area (Å²) in [6.45, 7) is 6.48. The van der Waals surface area contributed by atoms with Gasteiger partial charge < -0.3 is 16.4 Å². The third-order valence-electron chi connectivity index (χ3n) is 4.43. The van der Waals surface area contributed by atoms with Gasteiger partial charge in [0.15, 0.2) is 5.96 Å². The molecule has 1 saturated heterocycles. The summed E-state index contributed by atoms with van der Waals surface area (Å²) >= 11 is 3.36. The highest BCUT2D eigenvalue weighted by Gasteiger charge is 2.22. The molecule has 26 heavy (non-hydrogen) atoms. The van der Waals surface area contributed by atoms with Gasteiger partial charge in [-0.1, -0.05) is 22.9 Å². The first-order chi connectivity index (χ1) is 12.1. The molecule has 1 heterocycles. The molecule has 1 aliphatic rings. The van der Waals surface area contributed by atoms with Crippen molar-refractivity contribution in [1.29, 1.82) is 0 Å². The molecule has 146 valence electrons. The molecule has 1 unspecified atom stereocenters. The van der Waals surface area contributed by atoms with Crippen molar-refractivity contribution in [2.45, 2.75) is 32.2 Å². The Morgan fingerprint density at radius 3 is 2.69 bits per heavy atom. The van der Waals surface area contributed by atoms with E-state index in [0.717, 1.165) is 24.0 Å². The molecular formula is C18H29BrIN5O. The van der Waals surface area contributed by atoms with Crippen LogP contribution in [0.4, 0.5) is 0 Å². The van der Waals surface area contributed by atoms with Gasteiger partial charge in [-0.15, -0.1) is 24.0 Å². The molecule has 1 amide bonds. The van der Waals surface area contributed by atoms with E-state index in [9.17, 15) is 4.79 Å². The first-order valence-electron chi connectivity index (χ1n) is 8.91. The molecule has 0 saturated carbocycles. The molecular weight excluding hydrogens is 509 g/mol. The lowest BCUT2D eigenvalue weighted by atomic mass is 10.2. The number of nitrogens with zero attached hydrogens (tertiary/aromatic N) is 2. The Labute approximate surface area is 181 Å². The molecule has 0 spiro atoms. The van der Waals surface area contributed by atoms with Crippen LogP contribution in [0.2, 0.25) is 0 Å². The number of likely N-dealkylation sites (N-methyl/N-ethyl adjacent to an activating group) is 1. The molecule has 1 aliphatic heterocycles. The molecule has 0 aromatic heterocycles. The Kier molecular flexibility index (Phi) is 11.1. The predicted octanol–water partition coefficient (Wildman–Crippen LogP) is 2.58. The SMILES string of the molecule is CCN1CCCC1CN=C(N)NCCCNC(=O)c1ccc(Br)cc1.I. The number of guanidine groups is 1. The summed E-state index contributed by atoms with van der Waals surface area (Å²) in [6.07, 6.45) is 3.25. The van der Waals surface area contributed by atoms with Crippen molar-refractivity contribution < 1.29 is 4.79 Å². The number of carbonyl (C=O) groups is 1. The molecule has 2 rings (SSSR count). The van der Waals surface area contributed by atoms with Crippen LogP contribution in [0.25, 0.3) is 0 Å². The number of likely N-dealkylation sites (tertiary alicyclic amines) is 1. The van der Waals surface area contributed by atoms with Gasteiger partial charge in [0.05, 0.1) is 6.54 Å². The fraction of sp³-hybridized carbons (Fsp3) is 0.556. The first-order valence-corrected chi connectivity index (χ1v) is 9.71. The number of aliphatic imine (C=N–C) groups is 1. The normalized spacial score (nSPS) is 17.6. The number of halogens is 2. The minimum Gasteiger partial charge on any atom is -0.370 e. The number of hydrogen-bond donors (Lipinski definition) is 3. The number of nitrogens with two attached hydrogens (primary N) is 1. The zero-order valence-electron chi connectivity index (χ0n) is 15.2. The van der Waals surface area contributed by atoms with E-state index in [4.69, 9.17) is 5.73 Å². The number of carbonyl (C=O) groups excluding carboxylic acids is 1. The van der Waals surface area contributed by atoms with Crippen LogP contribution in [-0.4, -0.2) is 55.5 Å². The van der Waals surface area contributed by atoms with Crippen LogP contribution < -0.4 is 16.4 Å². The van der Waals surface area contributed by atoms with Crippen molar-refractivity contribution in [3.05, 3.63) is 34.3 Å². The summed E-state index contributed by atoms with van der Waals surface area (Å²) in [5, 5.41) is 6.01. The van der Waals surface area contributed by atoms with Gasteiger partial charge in [-0.25, -0.2) is 0 Å². The summed E-state index contributed by atoms with van der Waals surface area (Å²) in [4.78, 5) is 18.9. The lowest BCUT2D eigenvalue weighted by Crippen LogP contribution is -2.37. The average Bonchev–Trinajstić information content (AvgIpc) is 3.07. The first kappa shape index (κ1) is 23.2. The molecule has 6 nitrogen and oxygen atoms in total. The van der Waals surface area contributed by atoms with Gasteiger partial charge in [0.25, 0.3) is 5.91 Å². The highest BCUT2D eigenvalue weighted by atomic mass is 127. The van der Waals surface area contributed by atoms with Gasteiger partial charge >= 0.3 is 0 Å². The zero-order valence-corrected chi connectivity index (χ0v) is 19.1. The number of amides is 1. The minimum absolute atomic E-state index is 0. The molecule has 4 N–H and O–H groups in total. The van der Waals surface area contributed by atoms with Crippen LogP contribution in [0.3, 0.4) is 0 Å². The number of rotatable bonds is 8. The van der Waals surface area contributed by atoms with E-state index in [1.54, 1.807) is 12.1 Å². The smallest absolute Gasteiger partial charge is 0.251 e. The van der Waals surface area contributed by atoms with E-state index >= 15 is 0 Å². The summed E-state index contributed by atoms with van der Waals surface area (Å²) in [5.41, 5.74) is 6.58. The largest absolute Gasteiger partial charge is 0.370 e. The molecule has 0 bridgehead atoms. The molecule has 1 atom stereocenters. The Balaban J connectivity index is 0.00000338. The quantitative estimate of drug-likeness (QED) is 0.206. The highest BCUT2D eigenvalue weighted by Crippen LogP contribution is 2.16. The van der Waals surface area contributed by atoms with E-state index in [-0.39, 0.29) is 29.9 Å². The Hall–Kier alpha value is -0.870. The monoisotopic (exact) mass is 537 g/mol. The molecule has 1 aromatic rings. The topological polar surface area (TPSA) is 82.8 Å². The van der Waals surface area contributed by atoms with E-state index in [0.29, 0.717) is 30.7 Å². The van der Waals surface area contributed by atoms with Crippen LogP contribution in [0.1, 0.15) is 36.5 Å². The zero-order chi connectivity index (χ0) is 18.1. The Bertz CT molecular complexity index is 581. The number of hydrogen-bond acceptors (Lipinski definition) is 3. The highest BCUT2D eigenvalue weighted by molar-refractivity contribution is 14.0. The molecule has 8 heteroatoms. The van der Waals surface area contributed by atoms with Gasteiger partial charge in [0.2, 0.25) is 0 Å². The van der Waals surface area contributed by atoms with Crippen LogP contribution in [0.15, 0.2) is 33.7 Å². The van der Waals surface area contributed by atoms with Gasteiger partial charge in [-0.3, -0.25) is 14.7 Å². The second-order valence-corrected chi connectivity index (χ2v) is 7.11. The van der Waals surface area contributed by atoms with Gasteiger partial charge in [-0.05, 0) is 56.6 Å². The van der Waals surface area contributed by atoms with Crippen molar-refractivity contribution in [2.24, 2.45) is 10.7 Å². The van der Waals surface area contributed by atoms with Crippen molar-refractivity contribution in [2.75, 3.05) is 32.7 Å². The Morgan fingerprint density at radius 1 is 1.31 bits per heavy atom.